The van der Waals surface area contributed by atoms with Crippen LogP contribution in [0.15, 0.2) is 59.4 Å². The van der Waals surface area contributed by atoms with Crippen LogP contribution in [0.3, 0.4) is 0 Å². The molecule has 3 aromatic rings. The Morgan fingerprint density at radius 3 is 2.41 bits per heavy atom. The van der Waals surface area contributed by atoms with Crippen molar-refractivity contribution in [3.8, 4) is 0 Å². The summed E-state index contributed by atoms with van der Waals surface area (Å²) in [5.41, 5.74) is 1.42. The van der Waals surface area contributed by atoms with Gasteiger partial charge in [0.1, 0.15) is 6.54 Å². The topological polar surface area (TPSA) is 84.7 Å². The van der Waals surface area contributed by atoms with Gasteiger partial charge in [-0.05, 0) is 31.4 Å². The highest BCUT2D eigenvalue weighted by molar-refractivity contribution is 5.86. The number of carbonyl (C=O) groups excluding carboxylic acids is 2. The Hall–Kier alpha value is -3.52. The summed E-state index contributed by atoms with van der Waals surface area (Å²) in [4.78, 5) is 43.4. The number of nitrogens with zero attached hydrogens (tertiary/aromatic N) is 4. The van der Waals surface area contributed by atoms with Gasteiger partial charge >= 0.3 is 0 Å². The lowest BCUT2D eigenvalue weighted by Gasteiger charge is -2.34. The quantitative estimate of drug-likeness (QED) is 0.517. The van der Waals surface area contributed by atoms with Gasteiger partial charge in [0, 0.05) is 24.5 Å². The first-order valence-electron chi connectivity index (χ1n) is 13.2. The number of rotatable bonds is 6. The van der Waals surface area contributed by atoms with E-state index in [2.05, 4.69) is 5.10 Å². The first kappa shape index (κ1) is 25.1. The Bertz CT molecular complexity index is 1320. The zero-order valence-electron chi connectivity index (χ0n) is 21.3. The number of amides is 2. The van der Waals surface area contributed by atoms with Crippen molar-refractivity contribution in [3.63, 3.8) is 0 Å². The Labute approximate surface area is 216 Å². The van der Waals surface area contributed by atoms with Crippen LogP contribution >= 0.6 is 0 Å². The van der Waals surface area contributed by atoms with Crippen molar-refractivity contribution in [1.29, 1.82) is 0 Å². The fraction of sp³-hybridized carbons (Fsp3) is 0.448. The van der Waals surface area contributed by atoms with Crippen molar-refractivity contribution in [2.75, 3.05) is 19.6 Å². The van der Waals surface area contributed by atoms with Crippen molar-refractivity contribution in [2.24, 2.45) is 0 Å². The standard InChI is InChI=1S/C29H34N4O4/c1-21-25-14-8-9-15-26(25)29(36)33(30-21)19-27(34)31-16-24(37-20-22-10-4-2-5-11-22)17-32(28(35)18-31)23-12-6-3-7-13-23/h2,4-5,8-11,14-15,23-24H,3,6-7,12-13,16-20H2,1H3/t24-/m0/s1. The zero-order chi connectivity index (χ0) is 25.8. The summed E-state index contributed by atoms with van der Waals surface area (Å²) >= 11 is 0. The van der Waals surface area contributed by atoms with Crippen molar-refractivity contribution in [3.05, 3.63) is 76.2 Å². The van der Waals surface area contributed by atoms with Gasteiger partial charge in [0.25, 0.3) is 5.56 Å². The molecule has 0 N–H and O–H groups in total. The smallest absolute Gasteiger partial charge is 0.275 e. The van der Waals surface area contributed by atoms with Gasteiger partial charge in [0.2, 0.25) is 11.8 Å². The van der Waals surface area contributed by atoms with Crippen LogP contribution in [0.25, 0.3) is 10.8 Å². The molecule has 8 heteroatoms. The molecule has 2 aromatic carbocycles. The molecule has 1 saturated heterocycles. The van der Waals surface area contributed by atoms with Crippen LogP contribution in [0.1, 0.15) is 43.4 Å². The van der Waals surface area contributed by atoms with Crippen LogP contribution in [0.5, 0.6) is 0 Å². The highest BCUT2D eigenvalue weighted by Crippen LogP contribution is 2.25. The lowest BCUT2D eigenvalue weighted by molar-refractivity contribution is -0.140. The van der Waals surface area contributed by atoms with Gasteiger partial charge < -0.3 is 14.5 Å². The normalized spacial score (nSPS) is 19.3. The number of hydrogen-bond acceptors (Lipinski definition) is 5. The van der Waals surface area contributed by atoms with Gasteiger partial charge in [-0.3, -0.25) is 14.4 Å². The largest absolute Gasteiger partial charge is 0.370 e. The molecule has 37 heavy (non-hydrogen) atoms. The van der Waals surface area contributed by atoms with E-state index in [-0.39, 0.29) is 42.6 Å². The number of carbonyl (C=O) groups is 2. The molecule has 2 aliphatic rings. The molecule has 5 rings (SSSR count). The first-order chi connectivity index (χ1) is 18.0. The average molecular weight is 503 g/mol. The van der Waals surface area contributed by atoms with Gasteiger partial charge in [-0.15, -0.1) is 0 Å². The summed E-state index contributed by atoms with van der Waals surface area (Å²) in [5, 5.41) is 5.70. The molecular weight excluding hydrogens is 468 g/mol. The number of ether oxygens (including phenoxy) is 1. The summed E-state index contributed by atoms with van der Waals surface area (Å²) in [6.45, 7) is 2.77. The minimum atomic E-state index is -0.319. The van der Waals surface area contributed by atoms with Gasteiger partial charge in [-0.25, -0.2) is 4.68 Å². The number of hydrogen-bond donors (Lipinski definition) is 0. The molecule has 2 amide bonds. The number of aryl methyl sites for hydroxylation is 1. The molecule has 1 aliphatic carbocycles. The lowest BCUT2D eigenvalue weighted by atomic mass is 9.94. The van der Waals surface area contributed by atoms with E-state index in [9.17, 15) is 14.4 Å². The number of aromatic nitrogens is 2. The maximum Gasteiger partial charge on any atom is 0.275 e. The van der Waals surface area contributed by atoms with E-state index in [1.54, 1.807) is 17.0 Å². The fourth-order valence-corrected chi connectivity index (χ4v) is 5.51. The van der Waals surface area contributed by atoms with Crippen LogP contribution in [-0.4, -0.2) is 63.2 Å². The van der Waals surface area contributed by atoms with Gasteiger partial charge in [-0.2, -0.15) is 5.10 Å². The first-order valence-corrected chi connectivity index (χ1v) is 13.2. The Kier molecular flexibility index (Phi) is 7.65. The molecule has 0 spiro atoms. The van der Waals surface area contributed by atoms with Crippen molar-refractivity contribution in [2.45, 2.75) is 64.3 Å². The monoisotopic (exact) mass is 502 g/mol. The molecule has 2 fully saturated rings. The molecule has 1 atom stereocenters. The van der Waals surface area contributed by atoms with Gasteiger partial charge in [-0.1, -0.05) is 67.8 Å². The molecule has 8 nitrogen and oxygen atoms in total. The maximum absolute atomic E-state index is 13.5. The van der Waals surface area contributed by atoms with Crippen LogP contribution in [0, 0.1) is 6.92 Å². The summed E-state index contributed by atoms with van der Waals surface area (Å²) in [6.07, 6.45) is 5.08. The van der Waals surface area contributed by atoms with Crippen LogP contribution in [0.4, 0.5) is 0 Å². The fourth-order valence-electron chi connectivity index (χ4n) is 5.51. The third kappa shape index (κ3) is 5.74. The van der Waals surface area contributed by atoms with Gasteiger partial charge in [0.05, 0.1) is 30.3 Å². The summed E-state index contributed by atoms with van der Waals surface area (Å²) < 4.78 is 7.49. The van der Waals surface area contributed by atoms with Crippen molar-refractivity contribution >= 4 is 22.6 Å². The van der Waals surface area contributed by atoms with Crippen molar-refractivity contribution in [1.82, 2.24) is 19.6 Å². The lowest BCUT2D eigenvalue weighted by Crippen LogP contribution is -2.46. The second-order valence-electron chi connectivity index (χ2n) is 10.1. The van der Waals surface area contributed by atoms with E-state index < -0.39 is 0 Å². The van der Waals surface area contributed by atoms with Crippen LogP contribution < -0.4 is 5.56 Å². The number of fused-ring (bicyclic) bond motifs is 1. The van der Waals surface area contributed by atoms with E-state index in [1.807, 2.05) is 54.3 Å². The van der Waals surface area contributed by atoms with Crippen molar-refractivity contribution < 1.29 is 14.3 Å². The molecule has 0 unspecified atom stereocenters. The predicted octanol–water partition coefficient (Wildman–Crippen LogP) is 3.29. The summed E-state index contributed by atoms with van der Waals surface area (Å²) in [7, 11) is 0. The minimum absolute atomic E-state index is 0.0121. The highest BCUT2D eigenvalue weighted by Gasteiger charge is 2.35. The minimum Gasteiger partial charge on any atom is -0.370 e. The molecule has 1 aliphatic heterocycles. The highest BCUT2D eigenvalue weighted by atomic mass is 16.5. The second kappa shape index (κ2) is 11.3. The maximum atomic E-state index is 13.5. The predicted molar refractivity (Wildman–Crippen MR) is 141 cm³/mol. The molecule has 194 valence electrons. The molecule has 1 saturated carbocycles. The van der Waals surface area contributed by atoms with E-state index in [4.69, 9.17) is 4.74 Å². The zero-order valence-corrected chi connectivity index (χ0v) is 21.3. The third-order valence-electron chi connectivity index (χ3n) is 7.50. The Morgan fingerprint density at radius 2 is 1.65 bits per heavy atom. The molecule has 2 heterocycles. The molecule has 0 radical (unpaired) electrons. The van der Waals surface area contributed by atoms with E-state index >= 15 is 0 Å². The van der Waals surface area contributed by atoms with E-state index in [0.29, 0.717) is 30.8 Å². The second-order valence-corrected chi connectivity index (χ2v) is 10.1. The van der Waals surface area contributed by atoms with E-state index in [1.165, 1.54) is 11.1 Å². The Balaban J connectivity index is 1.37. The third-order valence-corrected chi connectivity index (χ3v) is 7.50. The van der Waals surface area contributed by atoms with Gasteiger partial charge in [0.15, 0.2) is 0 Å². The Morgan fingerprint density at radius 1 is 0.946 bits per heavy atom. The molecule has 0 bridgehead atoms. The average Bonchev–Trinajstić information content (AvgIpc) is 3.10. The SMILES string of the molecule is Cc1nn(CC(=O)N2CC(=O)N(C3CCCCC3)C[C@@H](OCc3ccccc3)C2)c(=O)c2ccccc12. The summed E-state index contributed by atoms with van der Waals surface area (Å²) in [6, 6.07) is 17.4. The number of benzene rings is 2. The molecular formula is C29H34N4O4. The molecule has 1 aromatic heterocycles. The summed E-state index contributed by atoms with van der Waals surface area (Å²) in [5.74, 6) is -0.363. The van der Waals surface area contributed by atoms with Crippen LogP contribution in [0.2, 0.25) is 0 Å². The van der Waals surface area contributed by atoms with Crippen LogP contribution in [-0.2, 0) is 27.5 Å². The van der Waals surface area contributed by atoms with E-state index in [0.717, 1.165) is 36.6 Å².